The lowest BCUT2D eigenvalue weighted by atomic mass is 9.33. The largest absolute Gasteiger partial charge is 0.311 e. The van der Waals surface area contributed by atoms with Crippen LogP contribution in [0.25, 0.3) is 48.0 Å². The van der Waals surface area contributed by atoms with E-state index in [0.717, 1.165) is 5.69 Å². The standard InChI is InChI=1S/C61H54BN3S/c1-37-31-53-57-54(32-37)65-58-46(56-44-23-15-18-26-55(44)66-59(56)65)34-42(61(7,8)9)35-48(58)62(57)47-29-28-43(63(49-24-16-13-19-38(49)2)50-25-17-14-20-39(50)3)36-52(47)64(53)51-30-27-41(60(4,5)6)33-45(51)40-21-11-10-12-22-40/h10-36H,1-9H3. The van der Waals surface area contributed by atoms with Crippen LogP contribution in [0.2, 0.25) is 0 Å². The van der Waals surface area contributed by atoms with Crippen molar-refractivity contribution in [3.05, 3.63) is 192 Å². The second kappa shape index (κ2) is 14.6. The number of benzene rings is 8. The van der Waals surface area contributed by atoms with Crippen molar-refractivity contribution >= 4 is 99.8 Å². The Hall–Kier alpha value is -6.82. The van der Waals surface area contributed by atoms with Crippen molar-refractivity contribution in [2.75, 3.05) is 9.80 Å². The molecule has 322 valence electrons. The summed E-state index contributed by atoms with van der Waals surface area (Å²) >= 11 is 1.93. The summed E-state index contributed by atoms with van der Waals surface area (Å²) in [6, 6.07) is 62.3. The lowest BCUT2D eigenvalue weighted by Crippen LogP contribution is -2.60. The van der Waals surface area contributed by atoms with Gasteiger partial charge in [0.15, 0.2) is 0 Å². The summed E-state index contributed by atoms with van der Waals surface area (Å²) in [4.78, 5) is 6.43. The summed E-state index contributed by atoms with van der Waals surface area (Å²) in [5.41, 5.74) is 22.5. The summed E-state index contributed by atoms with van der Waals surface area (Å²) in [6.45, 7) is 20.8. The number of para-hydroxylation sites is 2. The fourth-order valence-electron chi connectivity index (χ4n) is 11.0. The molecule has 4 heterocycles. The van der Waals surface area contributed by atoms with Crippen molar-refractivity contribution in [3.63, 3.8) is 0 Å². The molecule has 0 aliphatic carbocycles. The van der Waals surface area contributed by atoms with E-state index in [1.54, 1.807) is 0 Å². The van der Waals surface area contributed by atoms with Crippen LogP contribution in [0, 0.1) is 20.8 Å². The highest BCUT2D eigenvalue weighted by molar-refractivity contribution is 7.26. The third-order valence-electron chi connectivity index (χ3n) is 14.4. The van der Waals surface area contributed by atoms with Crippen LogP contribution in [0.15, 0.2) is 164 Å². The van der Waals surface area contributed by atoms with Gasteiger partial charge in [-0.25, -0.2) is 0 Å². The normalized spacial score (nSPS) is 13.2. The molecule has 5 heteroatoms. The summed E-state index contributed by atoms with van der Waals surface area (Å²) in [5.74, 6) is 0. The molecule has 10 aromatic rings. The van der Waals surface area contributed by atoms with Crippen LogP contribution < -0.4 is 26.2 Å². The van der Waals surface area contributed by atoms with Crippen molar-refractivity contribution < 1.29 is 0 Å². The van der Waals surface area contributed by atoms with Crippen molar-refractivity contribution in [1.82, 2.24) is 4.57 Å². The minimum atomic E-state index is -0.0598. The molecule has 2 aliphatic heterocycles. The average Bonchev–Trinajstić information content (AvgIpc) is 3.84. The van der Waals surface area contributed by atoms with E-state index in [2.05, 4.69) is 240 Å². The molecular formula is C61H54BN3S. The maximum absolute atomic E-state index is 2.65. The first-order valence-corrected chi connectivity index (χ1v) is 24.3. The maximum atomic E-state index is 2.65. The minimum Gasteiger partial charge on any atom is -0.311 e. The van der Waals surface area contributed by atoms with Crippen molar-refractivity contribution in [2.45, 2.75) is 73.1 Å². The van der Waals surface area contributed by atoms with Gasteiger partial charge in [0, 0.05) is 60.5 Å². The molecule has 0 amide bonds. The summed E-state index contributed by atoms with van der Waals surface area (Å²) in [7, 11) is 0. The molecule has 3 nitrogen and oxygen atoms in total. The second-order valence-electron chi connectivity index (χ2n) is 20.8. The van der Waals surface area contributed by atoms with Crippen LogP contribution in [0.1, 0.15) is 69.4 Å². The zero-order chi connectivity index (χ0) is 45.4. The van der Waals surface area contributed by atoms with Gasteiger partial charge in [-0.05, 0) is 142 Å². The predicted octanol–water partition coefficient (Wildman–Crippen LogP) is 15.3. The van der Waals surface area contributed by atoms with E-state index in [9.17, 15) is 0 Å². The van der Waals surface area contributed by atoms with Gasteiger partial charge in [0.1, 0.15) is 4.83 Å². The maximum Gasteiger partial charge on any atom is 0.252 e. The van der Waals surface area contributed by atoms with Gasteiger partial charge >= 0.3 is 0 Å². The number of nitrogens with zero attached hydrogens (tertiary/aromatic N) is 3. The molecule has 0 unspecified atom stereocenters. The number of anilines is 6. The second-order valence-corrected chi connectivity index (χ2v) is 21.8. The molecule has 2 aromatic heterocycles. The number of rotatable bonds is 5. The molecule has 0 fully saturated rings. The molecule has 0 saturated carbocycles. The first-order valence-electron chi connectivity index (χ1n) is 23.5. The van der Waals surface area contributed by atoms with Gasteiger partial charge in [0.25, 0.3) is 6.71 Å². The van der Waals surface area contributed by atoms with Gasteiger partial charge in [-0.3, -0.25) is 0 Å². The molecule has 0 radical (unpaired) electrons. The fraction of sp³-hybridized carbons (Fsp3) is 0.180. The van der Waals surface area contributed by atoms with Crippen molar-refractivity contribution in [3.8, 4) is 16.8 Å². The molecule has 12 rings (SSSR count). The van der Waals surface area contributed by atoms with Crippen LogP contribution in [0.5, 0.6) is 0 Å². The van der Waals surface area contributed by atoms with Crippen LogP contribution in [-0.2, 0) is 10.8 Å². The molecule has 66 heavy (non-hydrogen) atoms. The highest BCUT2D eigenvalue weighted by Gasteiger charge is 2.44. The van der Waals surface area contributed by atoms with Crippen LogP contribution in [0.4, 0.5) is 34.1 Å². The number of aromatic nitrogens is 1. The van der Waals surface area contributed by atoms with Crippen molar-refractivity contribution in [2.24, 2.45) is 0 Å². The molecule has 0 spiro atoms. The Kier molecular flexibility index (Phi) is 8.99. The van der Waals surface area contributed by atoms with E-state index < -0.39 is 0 Å². The van der Waals surface area contributed by atoms with Gasteiger partial charge in [-0.1, -0.05) is 145 Å². The van der Waals surface area contributed by atoms with E-state index in [-0.39, 0.29) is 17.5 Å². The third-order valence-corrected chi connectivity index (χ3v) is 15.5. The van der Waals surface area contributed by atoms with Gasteiger partial charge in [-0.2, -0.15) is 0 Å². The molecule has 8 aromatic carbocycles. The highest BCUT2D eigenvalue weighted by Crippen LogP contribution is 2.50. The van der Waals surface area contributed by atoms with E-state index in [4.69, 9.17) is 0 Å². The fourth-order valence-corrected chi connectivity index (χ4v) is 12.3. The Morgan fingerprint density at radius 3 is 1.86 bits per heavy atom. The predicted molar refractivity (Wildman–Crippen MR) is 287 cm³/mol. The smallest absolute Gasteiger partial charge is 0.252 e. The van der Waals surface area contributed by atoms with Crippen molar-refractivity contribution in [1.29, 1.82) is 0 Å². The number of thiophene rings is 1. The van der Waals surface area contributed by atoms with Crippen LogP contribution in [-0.4, -0.2) is 11.3 Å². The average molecular weight is 872 g/mol. The minimum absolute atomic E-state index is 0.00265. The first kappa shape index (κ1) is 40.7. The summed E-state index contributed by atoms with van der Waals surface area (Å²) in [5, 5.41) is 4.07. The lowest BCUT2D eigenvalue weighted by Gasteiger charge is -2.42. The Balaban J connectivity index is 1.23. The van der Waals surface area contributed by atoms with Gasteiger partial charge in [0.2, 0.25) is 0 Å². The number of aryl methyl sites for hydroxylation is 3. The van der Waals surface area contributed by atoms with E-state index in [0.29, 0.717) is 0 Å². The molecule has 2 aliphatic rings. The lowest BCUT2D eigenvalue weighted by molar-refractivity contribution is 0.590. The molecule has 0 atom stereocenters. The topological polar surface area (TPSA) is 11.4 Å². The molecular weight excluding hydrogens is 818 g/mol. The summed E-state index contributed by atoms with van der Waals surface area (Å²) < 4.78 is 3.98. The van der Waals surface area contributed by atoms with Crippen LogP contribution in [0.3, 0.4) is 0 Å². The number of hydrogen-bond acceptors (Lipinski definition) is 3. The van der Waals surface area contributed by atoms with Gasteiger partial charge in [-0.15, -0.1) is 11.3 Å². The molecule has 0 bridgehead atoms. The third kappa shape index (κ3) is 6.09. The first-order chi connectivity index (χ1) is 31.8. The summed E-state index contributed by atoms with van der Waals surface area (Å²) in [6.07, 6.45) is 0. The Morgan fingerprint density at radius 1 is 0.515 bits per heavy atom. The molecule has 0 saturated heterocycles. The number of hydrogen-bond donors (Lipinski definition) is 0. The SMILES string of the molecule is Cc1cc2c3c(c1)-n1c4sc5ccccc5c4c4cc(C(C)(C)C)cc(c41)B3c1ccc(N(c3ccccc3C)c3ccccc3C)cc1N2c1ccc(C(C)(C)C)cc1-c1ccccc1. The van der Waals surface area contributed by atoms with Gasteiger partial charge < -0.3 is 14.4 Å². The zero-order valence-corrected chi connectivity index (χ0v) is 40.2. The van der Waals surface area contributed by atoms with Crippen LogP contribution >= 0.6 is 11.3 Å². The molecule has 0 N–H and O–H groups in total. The number of fused-ring (bicyclic) bond motifs is 9. The Bertz CT molecular complexity index is 3570. The van der Waals surface area contributed by atoms with E-state index in [1.807, 2.05) is 11.3 Å². The highest BCUT2D eigenvalue weighted by atomic mass is 32.1. The zero-order valence-electron chi connectivity index (χ0n) is 39.4. The van der Waals surface area contributed by atoms with Gasteiger partial charge in [0.05, 0.1) is 11.2 Å². The van der Waals surface area contributed by atoms with E-state index in [1.165, 1.54) is 121 Å². The Labute approximate surface area is 393 Å². The quantitative estimate of drug-likeness (QED) is 0.160. The van der Waals surface area contributed by atoms with E-state index >= 15 is 0 Å². The monoisotopic (exact) mass is 871 g/mol. The Morgan fingerprint density at radius 2 is 1.17 bits per heavy atom.